The third kappa shape index (κ3) is 22.5. The number of ketones is 1. The van der Waals surface area contributed by atoms with Gasteiger partial charge >= 0.3 is 5.97 Å². The average Bonchev–Trinajstić information content (AvgIpc) is 3.13. The summed E-state index contributed by atoms with van der Waals surface area (Å²) in [5.74, 6) is -1.75. The van der Waals surface area contributed by atoms with Crippen molar-refractivity contribution in [3.63, 3.8) is 0 Å². The van der Waals surface area contributed by atoms with E-state index in [2.05, 4.69) is 31.4 Å². The number of esters is 1. The van der Waals surface area contributed by atoms with E-state index in [9.17, 15) is 19.2 Å². The Bertz CT molecular complexity index is 1390. The zero-order valence-corrected chi connectivity index (χ0v) is 34.1. The van der Waals surface area contributed by atoms with Crippen molar-refractivity contribution in [2.75, 3.05) is 64.7 Å². The summed E-state index contributed by atoms with van der Waals surface area (Å²) in [7, 11) is 0. The van der Waals surface area contributed by atoms with Gasteiger partial charge in [-0.05, 0) is 81.7 Å². The number of carbonyl (C=O) groups excluding carboxylic acids is 4. The van der Waals surface area contributed by atoms with Crippen LogP contribution < -0.4 is 16.4 Å². The number of Topliss-reactive ketones (excluding diaryl/α,β-unsaturated/α-hetero) is 1. The Hall–Kier alpha value is -3.68. The second-order valence-corrected chi connectivity index (χ2v) is 16.0. The first-order chi connectivity index (χ1) is 26.2. The second-order valence-electron chi connectivity index (χ2n) is 16.0. The number of unbranched alkanes of at least 4 members (excludes halogenated alkanes) is 1. The molecule has 0 spiro atoms. The molecule has 0 saturated heterocycles. The maximum absolute atomic E-state index is 13.8. The quantitative estimate of drug-likeness (QED) is 0.0687. The van der Waals surface area contributed by atoms with E-state index >= 15 is 0 Å². The van der Waals surface area contributed by atoms with Gasteiger partial charge in [0.25, 0.3) is 0 Å². The highest BCUT2D eigenvalue weighted by molar-refractivity contribution is 5.97. The summed E-state index contributed by atoms with van der Waals surface area (Å²) in [5, 5.41) is 5.83. The van der Waals surface area contributed by atoms with Gasteiger partial charge in [0, 0.05) is 31.1 Å². The van der Waals surface area contributed by atoms with Crippen LogP contribution in [-0.4, -0.2) is 89.0 Å². The van der Waals surface area contributed by atoms with Gasteiger partial charge in [-0.15, -0.1) is 0 Å². The number of nitrogens with two attached hydrogens (primary N) is 1. The molecule has 2 rings (SSSR count). The van der Waals surface area contributed by atoms with Gasteiger partial charge in [-0.2, -0.15) is 0 Å². The van der Waals surface area contributed by atoms with Crippen molar-refractivity contribution in [1.82, 2.24) is 5.32 Å². The minimum atomic E-state index is -0.818. The summed E-state index contributed by atoms with van der Waals surface area (Å²) >= 11 is 0. The molecule has 2 aromatic rings. The Morgan fingerprint density at radius 1 is 0.709 bits per heavy atom. The van der Waals surface area contributed by atoms with E-state index in [1.807, 2.05) is 30.3 Å². The molecule has 0 aromatic heterocycles. The molecule has 12 heteroatoms. The minimum absolute atomic E-state index is 0.0448. The molecule has 2 aromatic carbocycles. The molecule has 0 aliphatic carbocycles. The van der Waals surface area contributed by atoms with Crippen LogP contribution in [0.15, 0.2) is 54.6 Å². The van der Waals surface area contributed by atoms with Crippen LogP contribution in [0.1, 0.15) is 91.2 Å². The molecule has 0 bridgehead atoms. The molecule has 0 radical (unpaired) electrons. The number of anilines is 1. The Labute approximate surface area is 328 Å². The standard InChI is InChI=1S/C43H67N3O9/c1-42(2,3)20-23-52-25-27-54-29-28-53-26-24-51-22-19-39(48)46-37(30-33-12-8-7-9-13-33)38(47)31-35(14-10-11-21-44)40(49)45-36-17-15-34(16-18-36)32-55-41(50)43(4,5)6/h7-9,12-13,15-18,35,37H,10-11,14,19-32,44H2,1-6H3,(H,45,49)(H,46,48)/t35?,37-/m0/s1. The third-order valence-electron chi connectivity index (χ3n) is 8.62. The lowest BCUT2D eigenvalue weighted by Gasteiger charge is -2.22. The summed E-state index contributed by atoms with van der Waals surface area (Å²) in [6.07, 6.45) is 3.19. The van der Waals surface area contributed by atoms with Crippen LogP contribution in [0.5, 0.6) is 0 Å². The molecule has 12 nitrogen and oxygen atoms in total. The highest BCUT2D eigenvalue weighted by Crippen LogP contribution is 2.21. The van der Waals surface area contributed by atoms with E-state index in [0.29, 0.717) is 71.1 Å². The summed E-state index contributed by atoms with van der Waals surface area (Å²) in [6.45, 7) is 16.1. The Morgan fingerprint density at radius 2 is 1.29 bits per heavy atom. The fourth-order valence-corrected chi connectivity index (χ4v) is 5.21. The Kier molecular flexibility index (Phi) is 22.6. The van der Waals surface area contributed by atoms with Crippen LogP contribution in [0.3, 0.4) is 0 Å². The number of benzene rings is 2. The molecule has 0 heterocycles. The Balaban J connectivity index is 1.86. The van der Waals surface area contributed by atoms with Crippen LogP contribution in [0.2, 0.25) is 0 Å². The van der Waals surface area contributed by atoms with Crippen molar-refractivity contribution in [2.45, 2.75) is 99.1 Å². The van der Waals surface area contributed by atoms with Crippen LogP contribution in [0.25, 0.3) is 0 Å². The molecule has 2 amide bonds. The van der Waals surface area contributed by atoms with E-state index in [4.69, 9.17) is 29.4 Å². The third-order valence-corrected chi connectivity index (χ3v) is 8.62. The average molecular weight is 770 g/mol. The summed E-state index contributed by atoms with van der Waals surface area (Å²) < 4.78 is 27.6. The van der Waals surface area contributed by atoms with Gasteiger partial charge in [0.15, 0.2) is 5.78 Å². The first-order valence-electron chi connectivity index (χ1n) is 19.6. The highest BCUT2D eigenvalue weighted by Gasteiger charge is 2.28. The largest absolute Gasteiger partial charge is 0.460 e. The van der Waals surface area contributed by atoms with E-state index < -0.39 is 17.4 Å². The molecule has 55 heavy (non-hydrogen) atoms. The second kappa shape index (κ2) is 26.2. The monoisotopic (exact) mass is 769 g/mol. The number of carbonyl (C=O) groups is 4. The van der Waals surface area contributed by atoms with E-state index in [0.717, 1.165) is 30.6 Å². The summed E-state index contributed by atoms with van der Waals surface area (Å²) in [6, 6.07) is 15.7. The van der Waals surface area contributed by atoms with Crippen molar-refractivity contribution >= 4 is 29.3 Å². The lowest BCUT2D eigenvalue weighted by molar-refractivity contribution is -0.154. The number of nitrogens with one attached hydrogen (secondary N) is 2. The van der Waals surface area contributed by atoms with Gasteiger partial charge in [0.1, 0.15) is 6.61 Å². The molecular weight excluding hydrogens is 702 g/mol. The molecule has 0 aliphatic heterocycles. The zero-order chi connectivity index (χ0) is 40.5. The van der Waals surface area contributed by atoms with E-state index in [1.165, 1.54) is 0 Å². The number of rotatable bonds is 28. The molecular formula is C43H67N3O9. The molecule has 308 valence electrons. The first kappa shape index (κ1) is 47.5. The van der Waals surface area contributed by atoms with Gasteiger partial charge in [0.05, 0.1) is 57.7 Å². The molecule has 0 fully saturated rings. The molecule has 0 saturated carbocycles. The fourth-order valence-electron chi connectivity index (χ4n) is 5.21. The number of ether oxygens (including phenoxy) is 5. The van der Waals surface area contributed by atoms with Crippen molar-refractivity contribution in [2.24, 2.45) is 22.5 Å². The van der Waals surface area contributed by atoms with Gasteiger partial charge in [-0.3, -0.25) is 19.2 Å². The van der Waals surface area contributed by atoms with Crippen LogP contribution >= 0.6 is 0 Å². The van der Waals surface area contributed by atoms with Gasteiger partial charge in [0.2, 0.25) is 11.8 Å². The molecule has 0 aliphatic rings. The number of hydrogen-bond donors (Lipinski definition) is 3. The van der Waals surface area contributed by atoms with Crippen molar-refractivity contribution in [3.8, 4) is 0 Å². The van der Waals surface area contributed by atoms with Crippen LogP contribution in [-0.2, 0) is 55.9 Å². The van der Waals surface area contributed by atoms with E-state index in [-0.39, 0.29) is 55.0 Å². The lowest BCUT2D eigenvalue weighted by atomic mass is 9.90. The van der Waals surface area contributed by atoms with Gasteiger partial charge < -0.3 is 40.1 Å². The molecule has 2 atom stereocenters. The summed E-state index contributed by atoms with van der Waals surface area (Å²) in [4.78, 5) is 52.5. The maximum Gasteiger partial charge on any atom is 0.311 e. The van der Waals surface area contributed by atoms with E-state index in [1.54, 1.807) is 45.0 Å². The molecule has 4 N–H and O–H groups in total. The number of amides is 2. The van der Waals surface area contributed by atoms with Crippen molar-refractivity contribution in [1.29, 1.82) is 0 Å². The zero-order valence-electron chi connectivity index (χ0n) is 34.1. The van der Waals surface area contributed by atoms with Gasteiger partial charge in [-0.1, -0.05) is 69.7 Å². The highest BCUT2D eigenvalue weighted by atomic mass is 16.6. The predicted octanol–water partition coefficient (Wildman–Crippen LogP) is 6.04. The minimum Gasteiger partial charge on any atom is -0.460 e. The SMILES string of the molecule is CC(C)(C)CCOCCOCCOCCOCCC(=O)N[C@@H](Cc1ccccc1)C(=O)CC(CCCCN)C(=O)Nc1ccc(COC(=O)C(C)(C)C)cc1. The number of hydrogen-bond acceptors (Lipinski definition) is 10. The lowest BCUT2D eigenvalue weighted by Crippen LogP contribution is -2.44. The Morgan fingerprint density at radius 3 is 1.85 bits per heavy atom. The van der Waals surface area contributed by atoms with Gasteiger partial charge in [-0.25, -0.2) is 0 Å². The molecule has 1 unspecified atom stereocenters. The maximum atomic E-state index is 13.8. The smallest absolute Gasteiger partial charge is 0.311 e. The van der Waals surface area contributed by atoms with Crippen LogP contribution in [0, 0.1) is 16.7 Å². The summed E-state index contributed by atoms with van der Waals surface area (Å²) in [5.41, 5.74) is 7.63. The topological polar surface area (TPSA) is 165 Å². The van der Waals surface area contributed by atoms with Crippen LogP contribution in [0.4, 0.5) is 5.69 Å². The first-order valence-corrected chi connectivity index (χ1v) is 19.6. The van der Waals surface area contributed by atoms with Crippen molar-refractivity contribution in [3.05, 3.63) is 65.7 Å². The predicted molar refractivity (Wildman–Crippen MR) is 214 cm³/mol. The fraction of sp³-hybridized carbons (Fsp3) is 0.628. The van der Waals surface area contributed by atoms with Crippen molar-refractivity contribution < 1.29 is 42.9 Å². The normalized spacial score (nSPS) is 12.9.